The van der Waals surface area contributed by atoms with E-state index in [0.29, 0.717) is 28.0 Å². The van der Waals surface area contributed by atoms with Gasteiger partial charge in [0.2, 0.25) is 0 Å². The Hall–Kier alpha value is -7.17. The van der Waals surface area contributed by atoms with E-state index in [4.69, 9.17) is 14.0 Å². The number of aromatic nitrogens is 2. The molecule has 0 saturated carbocycles. The molecule has 1 unspecified atom stereocenters. The van der Waals surface area contributed by atoms with Crippen LogP contribution in [-0.2, 0) is 15.4 Å². The maximum atomic E-state index is 16.0. The molecule has 1 aliphatic rings. The first kappa shape index (κ1) is 43.7. The molecular formula is C54H41F6N2O4P. The highest BCUT2D eigenvalue weighted by molar-refractivity contribution is 7.75. The van der Waals surface area contributed by atoms with Gasteiger partial charge in [-0.05, 0) is 94.3 Å². The molecule has 1 aliphatic heterocycles. The molecule has 67 heavy (non-hydrogen) atoms. The molecule has 0 radical (unpaired) electrons. The van der Waals surface area contributed by atoms with Gasteiger partial charge in [0.05, 0.1) is 32.5 Å². The van der Waals surface area contributed by atoms with Crippen molar-refractivity contribution in [2.45, 2.75) is 52.4 Å². The number of nitrogens with zero attached hydrogens (tertiary/aromatic N) is 2. The fraction of sp³-hybridized carbons (Fsp3) is 0.148. The second-order valence-electron chi connectivity index (χ2n) is 18.5. The maximum Gasteiger partial charge on any atom is 0.344 e. The van der Waals surface area contributed by atoms with Gasteiger partial charge in [0.25, 0.3) is 0 Å². The van der Waals surface area contributed by atoms with Gasteiger partial charge in [-0.3, -0.25) is 4.57 Å². The Morgan fingerprint density at radius 1 is 0.522 bits per heavy atom. The summed E-state index contributed by atoms with van der Waals surface area (Å²) < 4.78 is 125. The van der Waals surface area contributed by atoms with Crippen LogP contribution in [0.25, 0.3) is 66.1 Å². The van der Waals surface area contributed by atoms with Crippen LogP contribution < -0.4 is 24.6 Å². The van der Waals surface area contributed by atoms with E-state index < -0.39 is 48.4 Å². The molecule has 10 rings (SSSR count). The zero-order chi connectivity index (χ0) is 47.3. The summed E-state index contributed by atoms with van der Waals surface area (Å²) in [6.45, 7) is 12.8. The van der Waals surface area contributed by atoms with Crippen LogP contribution >= 0.6 is 7.37 Å². The Balaban J connectivity index is 1.38. The smallest absolute Gasteiger partial charge is 0.344 e. The first-order chi connectivity index (χ1) is 31.8. The van der Waals surface area contributed by atoms with Crippen LogP contribution in [0.15, 0.2) is 164 Å². The minimum absolute atomic E-state index is 0.0589. The zero-order valence-electron chi connectivity index (χ0n) is 37.0. The number of fused-ring (bicyclic) bond motifs is 9. The fourth-order valence-corrected chi connectivity index (χ4v) is 11.5. The fourth-order valence-electron chi connectivity index (χ4n) is 9.10. The average Bonchev–Trinajstić information content (AvgIpc) is 3.82. The van der Waals surface area contributed by atoms with Gasteiger partial charge in [-0.25, -0.2) is 0 Å². The molecule has 3 heterocycles. The van der Waals surface area contributed by atoms with Gasteiger partial charge in [0, 0.05) is 39.2 Å². The van der Waals surface area contributed by atoms with Crippen LogP contribution in [-0.4, -0.2) is 9.13 Å². The molecular weight excluding hydrogens is 886 g/mol. The first-order valence-corrected chi connectivity index (χ1v) is 23.0. The molecule has 7 aromatic carbocycles. The molecule has 338 valence electrons. The summed E-state index contributed by atoms with van der Waals surface area (Å²) >= 11 is 0. The van der Waals surface area contributed by atoms with Crippen molar-refractivity contribution in [3.05, 3.63) is 175 Å². The van der Waals surface area contributed by atoms with E-state index in [1.165, 1.54) is 10.6 Å². The molecule has 0 amide bonds. The second kappa shape index (κ2) is 15.7. The number of benzene rings is 7. The molecule has 0 spiro atoms. The lowest BCUT2D eigenvalue weighted by atomic mass is 9.85. The molecule has 1 atom stereocenters. The first-order valence-electron chi connectivity index (χ1n) is 21.4. The van der Waals surface area contributed by atoms with Crippen LogP contribution in [0.4, 0.5) is 26.3 Å². The summed E-state index contributed by atoms with van der Waals surface area (Å²) in [6, 6.07) is 35.8. The molecule has 0 fully saturated rings. The predicted octanol–water partition coefficient (Wildman–Crippen LogP) is 15.6. The maximum absolute atomic E-state index is 16.0. The Morgan fingerprint density at radius 2 is 1.06 bits per heavy atom. The SMILES string of the molecule is CC(C)(C)c1ccc2c(c1)c1cc(C(C)(C)C)ccc1n2-c1ccc2c(c1)c1c(OC(F)=C(F)F)c(P3(=O)Oc4ccccc4-c4ccccc43)cc(OC(F)=C(F)F)c1n2-c1ccccc1. The Kier molecular flexibility index (Phi) is 10.3. The van der Waals surface area contributed by atoms with E-state index in [-0.39, 0.29) is 38.2 Å². The average molecular weight is 927 g/mol. The predicted molar refractivity (Wildman–Crippen MR) is 254 cm³/mol. The third-order valence-electron chi connectivity index (χ3n) is 12.3. The summed E-state index contributed by atoms with van der Waals surface area (Å²) in [5.41, 5.74) is 5.55. The van der Waals surface area contributed by atoms with Crippen molar-refractivity contribution in [3.63, 3.8) is 0 Å². The lowest BCUT2D eigenvalue weighted by Gasteiger charge is -2.30. The molecule has 0 bridgehead atoms. The van der Waals surface area contributed by atoms with Gasteiger partial charge in [0.1, 0.15) is 11.3 Å². The van der Waals surface area contributed by atoms with Gasteiger partial charge >= 0.3 is 31.6 Å². The number of hydrogen-bond donors (Lipinski definition) is 0. The normalized spacial score (nSPS) is 14.8. The Morgan fingerprint density at radius 3 is 1.67 bits per heavy atom. The van der Waals surface area contributed by atoms with E-state index in [2.05, 4.69) is 65.8 Å². The van der Waals surface area contributed by atoms with E-state index in [1.54, 1.807) is 84.9 Å². The molecule has 13 heteroatoms. The summed E-state index contributed by atoms with van der Waals surface area (Å²) in [5.74, 6) is -1.19. The van der Waals surface area contributed by atoms with Crippen molar-refractivity contribution in [2.75, 3.05) is 0 Å². The largest absolute Gasteiger partial charge is 0.436 e. The topological polar surface area (TPSA) is 54.6 Å². The highest BCUT2D eigenvalue weighted by Crippen LogP contribution is 2.58. The standard InChI is InChI=1S/C54H41F6N2O4P/c1-53(2,3)30-20-23-39-36(26-30)37-27-31(54(4,5)6)21-24-40(37)61(39)33-22-25-41-38(28-33)46-47(62(41)32-14-8-7-9-15-32)43(64-51(59)49(55)56)29-45(48(46)65-52(60)50(57)58)67(63)44-19-13-11-17-35(44)34-16-10-12-18-42(34)66-67/h7-29H,1-6H3. The minimum Gasteiger partial charge on any atom is -0.436 e. The van der Waals surface area contributed by atoms with E-state index in [1.807, 2.05) is 22.8 Å². The van der Waals surface area contributed by atoms with Gasteiger partial charge in [-0.1, -0.05) is 108 Å². The van der Waals surface area contributed by atoms with Crippen LogP contribution in [0.1, 0.15) is 52.7 Å². The van der Waals surface area contributed by atoms with E-state index in [9.17, 15) is 17.6 Å². The lowest BCUT2D eigenvalue weighted by Crippen LogP contribution is -2.26. The number of halogens is 6. The Labute approximate surface area is 381 Å². The van der Waals surface area contributed by atoms with Crippen molar-refractivity contribution in [1.29, 1.82) is 0 Å². The van der Waals surface area contributed by atoms with Crippen LogP contribution in [0.2, 0.25) is 0 Å². The van der Waals surface area contributed by atoms with E-state index >= 15 is 13.3 Å². The van der Waals surface area contributed by atoms with Gasteiger partial charge in [-0.15, -0.1) is 0 Å². The Bertz CT molecular complexity index is 3560. The third-order valence-corrected chi connectivity index (χ3v) is 14.8. The monoisotopic (exact) mass is 926 g/mol. The third kappa shape index (κ3) is 7.17. The number of para-hydroxylation sites is 2. The number of rotatable bonds is 7. The summed E-state index contributed by atoms with van der Waals surface area (Å²) in [4.78, 5) is 0. The molecule has 9 aromatic rings. The molecule has 0 aliphatic carbocycles. The number of hydrogen-bond acceptors (Lipinski definition) is 4. The number of ether oxygens (including phenoxy) is 2. The lowest BCUT2D eigenvalue weighted by molar-refractivity contribution is 0.240. The van der Waals surface area contributed by atoms with Crippen molar-refractivity contribution in [2.24, 2.45) is 0 Å². The minimum atomic E-state index is -4.69. The molecule has 0 saturated heterocycles. The second-order valence-corrected chi connectivity index (χ2v) is 20.8. The van der Waals surface area contributed by atoms with Gasteiger partial charge < -0.3 is 23.1 Å². The zero-order valence-corrected chi connectivity index (χ0v) is 37.9. The van der Waals surface area contributed by atoms with Crippen LogP contribution in [0, 0.1) is 0 Å². The highest BCUT2D eigenvalue weighted by Gasteiger charge is 2.43. The molecule has 0 N–H and O–H groups in total. The highest BCUT2D eigenvalue weighted by atomic mass is 31.2. The van der Waals surface area contributed by atoms with Crippen molar-refractivity contribution in [1.82, 2.24) is 9.13 Å². The van der Waals surface area contributed by atoms with Crippen molar-refractivity contribution in [3.8, 4) is 39.8 Å². The summed E-state index contributed by atoms with van der Waals surface area (Å²) in [6.07, 6.45) is -5.63. The van der Waals surface area contributed by atoms with Crippen LogP contribution in [0.3, 0.4) is 0 Å². The van der Waals surface area contributed by atoms with Crippen molar-refractivity contribution >= 4 is 61.6 Å². The van der Waals surface area contributed by atoms with Crippen LogP contribution in [0.5, 0.6) is 17.2 Å². The molecule has 6 nitrogen and oxygen atoms in total. The van der Waals surface area contributed by atoms with Crippen molar-refractivity contribution < 1.29 is 44.9 Å². The van der Waals surface area contributed by atoms with E-state index in [0.717, 1.165) is 39.0 Å². The summed E-state index contributed by atoms with van der Waals surface area (Å²) in [5, 5.41) is 1.42. The van der Waals surface area contributed by atoms with Gasteiger partial charge in [0.15, 0.2) is 11.5 Å². The van der Waals surface area contributed by atoms with Gasteiger partial charge in [-0.2, -0.15) is 26.3 Å². The summed E-state index contributed by atoms with van der Waals surface area (Å²) in [7, 11) is -4.69. The molecule has 2 aromatic heterocycles. The quantitative estimate of drug-likeness (QED) is 0.0908.